The first-order chi connectivity index (χ1) is 10.0. The van der Waals surface area contributed by atoms with E-state index >= 15 is 0 Å². The molecular weight excluding hydrogens is 325 g/mol. The zero-order chi connectivity index (χ0) is 17.0. The van der Waals surface area contributed by atoms with E-state index in [1.807, 2.05) is 59.2 Å². The van der Waals surface area contributed by atoms with Crippen LogP contribution in [-0.2, 0) is 17.2 Å². The molecule has 2 aromatic rings. The molecule has 1 aromatic carbocycles. The lowest BCUT2D eigenvalue weighted by Gasteiger charge is -2.08. The molecule has 1 heterocycles. The van der Waals surface area contributed by atoms with Crippen molar-refractivity contribution >= 4 is 10.1 Å². The maximum atomic E-state index is 10.7. The molecule has 122 valence electrons. The molecule has 1 aromatic heterocycles. The van der Waals surface area contributed by atoms with E-state index in [1.165, 1.54) is 0 Å². The highest BCUT2D eigenvalue weighted by Gasteiger charge is 2.36. The van der Waals surface area contributed by atoms with E-state index in [1.54, 1.807) is 7.11 Å². The van der Waals surface area contributed by atoms with Crippen molar-refractivity contribution in [3.63, 3.8) is 0 Å². The van der Waals surface area contributed by atoms with Gasteiger partial charge in [0.15, 0.2) is 10.1 Å². The first-order valence-electron chi connectivity index (χ1n) is 5.74. The molecular formula is C12H13F3N2O4S. The summed E-state index contributed by atoms with van der Waals surface area (Å²) in [6, 6.07) is 7.96. The van der Waals surface area contributed by atoms with Gasteiger partial charge in [0.05, 0.1) is 14.2 Å². The van der Waals surface area contributed by atoms with Crippen LogP contribution < -0.4 is 9.30 Å². The summed E-state index contributed by atoms with van der Waals surface area (Å²) in [4.78, 5) is 0. The van der Waals surface area contributed by atoms with Crippen LogP contribution in [0.3, 0.4) is 0 Å². The van der Waals surface area contributed by atoms with Crippen molar-refractivity contribution in [3.05, 3.63) is 43.0 Å². The van der Waals surface area contributed by atoms with Crippen molar-refractivity contribution in [2.45, 2.75) is 5.51 Å². The van der Waals surface area contributed by atoms with Gasteiger partial charge in [-0.25, -0.2) is 17.6 Å². The number of ether oxygens (including phenoxy) is 1. The van der Waals surface area contributed by atoms with Crippen molar-refractivity contribution in [1.82, 2.24) is 4.57 Å². The zero-order valence-corrected chi connectivity index (χ0v) is 12.4. The Morgan fingerprint density at radius 2 is 1.91 bits per heavy atom. The molecule has 10 heteroatoms. The van der Waals surface area contributed by atoms with Gasteiger partial charge in [0.2, 0.25) is 6.33 Å². The van der Waals surface area contributed by atoms with Crippen molar-refractivity contribution in [3.8, 4) is 11.4 Å². The summed E-state index contributed by atoms with van der Waals surface area (Å²) >= 11 is 0. The van der Waals surface area contributed by atoms with Crippen molar-refractivity contribution in [1.29, 1.82) is 0 Å². The maximum absolute atomic E-state index is 10.7. The largest absolute Gasteiger partial charge is 0.741 e. The number of benzene rings is 1. The van der Waals surface area contributed by atoms with E-state index in [0.717, 1.165) is 11.4 Å². The summed E-state index contributed by atoms with van der Waals surface area (Å²) in [6.07, 6.45) is 6.02. The Hall–Kier alpha value is -2.07. The molecule has 0 bridgehead atoms. The highest BCUT2D eigenvalue weighted by atomic mass is 32.2. The Labute approximate surface area is 125 Å². The van der Waals surface area contributed by atoms with E-state index in [0.29, 0.717) is 0 Å². The molecule has 22 heavy (non-hydrogen) atoms. The molecule has 6 nitrogen and oxygen atoms in total. The summed E-state index contributed by atoms with van der Waals surface area (Å²) in [7, 11) is -2.42. The second-order valence-corrected chi connectivity index (χ2v) is 5.46. The number of methoxy groups -OCH3 is 1. The second kappa shape index (κ2) is 6.79. The third-order valence-electron chi connectivity index (χ3n) is 2.40. The van der Waals surface area contributed by atoms with Gasteiger partial charge in [-0.2, -0.15) is 13.2 Å². The van der Waals surface area contributed by atoms with E-state index in [9.17, 15) is 13.2 Å². The second-order valence-electron chi connectivity index (χ2n) is 4.09. The van der Waals surface area contributed by atoms with Crippen LogP contribution in [0, 0.1) is 0 Å². The number of hydrogen-bond donors (Lipinski definition) is 0. The number of hydrogen-bond acceptors (Lipinski definition) is 4. The lowest BCUT2D eigenvalue weighted by atomic mass is 10.3. The molecule has 0 atom stereocenters. The Morgan fingerprint density at radius 1 is 1.32 bits per heavy atom. The van der Waals surface area contributed by atoms with Crippen molar-refractivity contribution < 1.29 is 35.4 Å². The number of nitrogens with zero attached hydrogens (tertiary/aromatic N) is 2. The topological polar surface area (TPSA) is 75.2 Å². The molecule has 2 rings (SSSR count). The highest BCUT2D eigenvalue weighted by Crippen LogP contribution is 2.20. The summed E-state index contributed by atoms with van der Waals surface area (Å²) in [5, 5.41) is 0. The average Bonchev–Trinajstić information content (AvgIpc) is 2.84. The first kappa shape index (κ1) is 18.0. The molecule has 0 aliphatic heterocycles. The van der Waals surface area contributed by atoms with Crippen LogP contribution in [0.5, 0.6) is 5.75 Å². The molecule has 0 radical (unpaired) electrons. The predicted octanol–water partition coefficient (Wildman–Crippen LogP) is 1.36. The lowest BCUT2D eigenvalue weighted by Crippen LogP contribution is -2.23. The number of imidazole rings is 1. The van der Waals surface area contributed by atoms with Crippen LogP contribution in [0.1, 0.15) is 0 Å². The normalized spacial score (nSPS) is 11.5. The quantitative estimate of drug-likeness (QED) is 0.471. The molecule has 0 unspecified atom stereocenters. The van der Waals surface area contributed by atoms with Gasteiger partial charge in [-0.15, -0.1) is 0 Å². The first-order valence-corrected chi connectivity index (χ1v) is 7.15. The van der Waals surface area contributed by atoms with Crippen LogP contribution in [0.2, 0.25) is 0 Å². The van der Waals surface area contributed by atoms with Crippen molar-refractivity contribution in [2.75, 3.05) is 7.11 Å². The monoisotopic (exact) mass is 338 g/mol. The Bertz CT molecular complexity index is 726. The molecule has 0 saturated carbocycles. The number of alkyl halides is 3. The molecule has 0 N–H and O–H groups in total. The predicted molar refractivity (Wildman–Crippen MR) is 69.2 cm³/mol. The van der Waals surface area contributed by atoms with Crippen LogP contribution in [-0.4, -0.2) is 30.2 Å². The number of aromatic nitrogens is 2. The average molecular weight is 338 g/mol. The van der Waals surface area contributed by atoms with Gasteiger partial charge in [-0.3, -0.25) is 0 Å². The fraction of sp³-hybridized carbons (Fsp3) is 0.250. The summed E-state index contributed by atoms with van der Waals surface area (Å²) in [5.41, 5.74) is -4.54. The van der Waals surface area contributed by atoms with Crippen LogP contribution in [0.4, 0.5) is 13.2 Å². The molecule has 0 fully saturated rings. The van der Waals surface area contributed by atoms with Crippen LogP contribution >= 0.6 is 0 Å². The lowest BCUT2D eigenvalue weighted by molar-refractivity contribution is -0.670. The molecule has 0 aliphatic carbocycles. The molecule has 0 amide bonds. The minimum Gasteiger partial charge on any atom is -0.741 e. The third kappa shape index (κ3) is 5.04. The number of rotatable bonds is 2. The SMILES string of the molecule is COc1cccc(-n2cc[n+](C)c2)c1.O=S(=O)([O-])C(F)(F)F. The van der Waals surface area contributed by atoms with Crippen LogP contribution in [0.15, 0.2) is 43.0 Å². The smallest absolute Gasteiger partial charge is 0.485 e. The van der Waals surface area contributed by atoms with Gasteiger partial charge >= 0.3 is 5.51 Å². The van der Waals surface area contributed by atoms with Crippen LogP contribution in [0.25, 0.3) is 5.69 Å². The van der Waals surface area contributed by atoms with E-state index < -0.39 is 15.6 Å². The minimum atomic E-state index is -6.09. The van der Waals surface area contributed by atoms with Gasteiger partial charge in [0, 0.05) is 6.07 Å². The number of aryl methyl sites for hydroxylation is 1. The van der Waals surface area contributed by atoms with Gasteiger partial charge in [0.1, 0.15) is 23.8 Å². The minimum absolute atomic E-state index is 0.874. The maximum Gasteiger partial charge on any atom is 0.485 e. The van der Waals surface area contributed by atoms with E-state index in [2.05, 4.69) is 0 Å². The summed E-state index contributed by atoms with van der Waals surface area (Å²) < 4.78 is 68.1. The molecule has 0 spiro atoms. The van der Waals surface area contributed by atoms with Gasteiger partial charge in [-0.1, -0.05) is 6.07 Å². The Balaban J connectivity index is 0.000000261. The number of halogens is 3. The Kier molecular flexibility index (Phi) is 5.55. The van der Waals surface area contributed by atoms with E-state index in [-0.39, 0.29) is 0 Å². The Morgan fingerprint density at radius 3 is 2.32 bits per heavy atom. The van der Waals surface area contributed by atoms with Gasteiger partial charge < -0.3 is 9.29 Å². The molecule has 0 saturated heterocycles. The standard InChI is InChI=1S/C11H13N2O.CHF3O3S/c1-12-6-7-13(9-12)10-4-3-5-11(8-10)14-2;2-1(3,4)8(5,6)7/h3-9H,1-2H3;(H,5,6,7)/q+1;/p-1. The third-order valence-corrected chi connectivity index (χ3v) is 2.97. The van der Waals surface area contributed by atoms with Crippen molar-refractivity contribution in [2.24, 2.45) is 7.05 Å². The fourth-order valence-electron chi connectivity index (χ4n) is 1.37. The summed E-state index contributed by atoms with van der Waals surface area (Å²) in [6.45, 7) is 0. The van der Waals surface area contributed by atoms with Gasteiger partial charge in [-0.05, 0) is 12.1 Å². The zero-order valence-electron chi connectivity index (χ0n) is 11.6. The highest BCUT2D eigenvalue weighted by molar-refractivity contribution is 7.86. The summed E-state index contributed by atoms with van der Waals surface area (Å²) in [5.74, 6) is 0.874. The van der Waals surface area contributed by atoms with Gasteiger partial charge in [0.25, 0.3) is 0 Å². The molecule has 0 aliphatic rings. The fourth-order valence-corrected chi connectivity index (χ4v) is 1.37. The van der Waals surface area contributed by atoms with E-state index in [4.69, 9.17) is 17.7 Å².